The average molecular weight is 402 g/mol. The maximum Gasteiger partial charge on any atom is 0.256 e. The van der Waals surface area contributed by atoms with Crippen LogP contribution in [0.5, 0.6) is 5.75 Å². The molecule has 9 heteroatoms. The monoisotopic (exact) mass is 402 g/mol. The van der Waals surface area contributed by atoms with Gasteiger partial charge in [0.1, 0.15) is 12.4 Å². The molecule has 3 aromatic rings. The molecule has 1 heterocycles. The number of hydrogen-bond acceptors (Lipinski definition) is 6. The molecule has 28 heavy (non-hydrogen) atoms. The highest BCUT2D eigenvalue weighted by molar-refractivity contribution is 7.90. The predicted molar refractivity (Wildman–Crippen MR) is 108 cm³/mol. The van der Waals surface area contributed by atoms with Crippen LogP contribution in [0.3, 0.4) is 0 Å². The van der Waals surface area contributed by atoms with E-state index in [0.29, 0.717) is 23.7 Å². The number of H-pyrrole nitrogens is 1. The lowest BCUT2D eigenvalue weighted by atomic mass is 10.2. The SMILES string of the molecule is CN(C)CCOc1ccc2c(NC(=O)c3ccc(S(C)(=O)=O)cc3)n[nH]c2c1. The molecule has 1 aromatic heterocycles. The Bertz CT molecular complexity index is 1090. The Morgan fingerprint density at radius 1 is 1.18 bits per heavy atom. The standard InChI is InChI=1S/C19H22N4O4S/c1-23(2)10-11-27-14-6-9-16-17(12-14)21-22-18(16)20-19(24)13-4-7-15(8-5-13)28(3,25)26/h4-9,12H,10-11H2,1-3H3,(H2,20,21,22,24). The number of nitrogens with zero attached hydrogens (tertiary/aromatic N) is 2. The summed E-state index contributed by atoms with van der Waals surface area (Å²) in [6, 6.07) is 11.2. The van der Waals surface area contributed by atoms with Gasteiger partial charge in [-0.1, -0.05) is 0 Å². The van der Waals surface area contributed by atoms with Crippen LogP contribution in [0.15, 0.2) is 47.4 Å². The molecule has 0 aliphatic rings. The Balaban J connectivity index is 1.72. The summed E-state index contributed by atoms with van der Waals surface area (Å²) < 4.78 is 28.7. The van der Waals surface area contributed by atoms with E-state index in [2.05, 4.69) is 15.5 Å². The quantitative estimate of drug-likeness (QED) is 0.628. The summed E-state index contributed by atoms with van der Waals surface area (Å²) in [4.78, 5) is 14.6. The van der Waals surface area contributed by atoms with E-state index in [-0.39, 0.29) is 10.8 Å². The fourth-order valence-electron chi connectivity index (χ4n) is 2.56. The molecule has 0 spiro atoms. The number of rotatable bonds is 7. The van der Waals surface area contributed by atoms with Gasteiger partial charge in [0.2, 0.25) is 0 Å². The van der Waals surface area contributed by atoms with Gasteiger partial charge in [-0.2, -0.15) is 5.10 Å². The number of amides is 1. The van der Waals surface area contributed by atoms with Gasteiger partial charge in [0.15, 0.2) is 15.7 Å². The molecule has 3 rings (SSSR count). The normalized spacial score (nSPS) is 11.7. The van der Waals surface area contributed by atoms with Gasteiger partial charge in [0.25, 0.3) is 5.91 Å². The van der Waals surface area contributed by atoms with Gasteiger partial charge < -0.3 is 15.0 Å². The molecule has 0 radical (unpaired) electrons. The zero-order valence-electron chi connectivity index (χ0n) is 15.9. The first-order valence-corrected chi connectivity index (χ1v) is 10.5. The van der Waals surface area contributed by atoms with Gasteiger partial charge in [0.05, 0.1) is 10.4 Å². The van der Waals surface area contributed by atoms with Crippen molar-refractivity contribution in [3.8, 4) is 5.75 Å². The van der Waals surface area contributed by atoms with E-state index < -0.39 is 9.84 Å². The van der Waals surface area contributed by atoms with Crippen LogP contribution in [0.1, 0.15) is 10.4 Å². The van der Waals surface area contributed by atoms with Crippen molar-refractivity contribution in [2.45, 2.75) is 4.90 Å². The third-order valence-electron chi connectivity index (χ3n) is 4.12. The molecule has 1 amide bonds. The summed E-state index contributed by atoms with van der Waals surface area (Å²) in [5, 5.41) is 10.5. The average Bonchev–Trinajstić information content (AvgIpc) is 3.03. The molecule has 0 aliphatic heterocycles. The number of benzene rings is 2. The second-order valence-electron chi connectivity index (χ2n) is 6.68. The topological polar surface area (TPSA) is 104 Å². The summed E-state index contributed by atoms with van der Waals surface area (Å²) in [6.45, 7) is 1.38. The Morgan fingerprint density at radius 2 is 1.89 bits per heavy atom. The van der Waals surface area contributed by atoms with Gasteiger partial charge in [0, 0.05) is 29.8 Å². The number of hydrogen-bond donors (Lipinski definition) is 2. The van der Waals surface area contributed by atoms with E-state index in [0.717, 1.165) is 23.7 Å². The molecule has 0 atom stereocenters. The van der Waals surface area contributed by atoms with Gasteiger partial charge in [-0.05, 0) is 50.5 Å². The molecular weight excluding hydrogens is 380 g/mol. The first-order chi connectivity index (χ1) is 13.2. The Kier molecular flexibility index (Phi) is 5.66. The molecule has 0 saturated carbocycles. The molecule has 0 unspecified atom stereocenters. The first-order valence-electron chi connectivity index (χ1n) is 8.61. The largest absolute Gasteiger partial charge is 0.492 e. The van der Waals surface area contributed by atoms with Crippen LogP contribution in [0.2, 0.25) is 0 Å². The number of carbonyl (C=O) groups is 1. The van der Waals surface area contributed by atoms with Crippen molar-refractivity contribution in [3.63, 3.8) is 0 Å². The first kappa shape index (κ1) is 19.8. The molecule has 0 bridgehead atoms. The van der Waals surface area contributed by atoms with Crippen molar-refractivity contribution in [2.24, 2.45) is 0 Å². The van der Waals surface area contributed by atoms with E-state index in [1.165, 1.54) is 24.3 Å². The summed E-state index contributed by atoms with van der Waals surface area (Å²) in [5.41, 5.74) is 1.08. The second-order valence-corrected chi connectivity index (χ2v) is 8.70. The van der Waals surface area contributed by atoms with Crippen LogP contribution in [-0.2, 0) is 9.84 Å². The van der Waals surface area contributed by atoms with Gasteiger partial charge in [-0.3, -0.25) is 9.89 Å². The second kappa shape index (κ2) is 7.99. The number of nitrogens with one attached hydrogen (secondary N) is 2. The van der Waals surface area contributed by atoms with Crippen molar-refractivity contribution in [1.82, 2.24) is 15.1 Å². The smallest absolute Gasteiger partial charge is 0.256 e. The summed E-state index contributed by atoms with van der Waals surface area (Å²) in [6.07, 6.45) is 1.12. The minimum atomic E-state index is -3.30. The number of ether oxygens (including phenoxy) is 1. The molecule has 148 valence electrons. The van der Waals surface area contributed by atoms with Crippen molar-refractivity contribution in [2.75, 3.05) is 38.8 Å². The lowest BCUT2D eigenvalue weighted by Crippen LogP contribution is -2.19. The highest BCUT2D eigenvalue weighted by Crippen LogP contribution is 2.25. The van der Waals surface area contributed by atoms with Gasteiger partial charge >= 0.3 is 0 Å². The number of fused-ring (bicyclic) bond motifs is 1. The van der Waals surface area contributed by atoms with E-state index in [9.17, 15) is 13.2 Å². The molecule has 0 aliphatic carbocycles. The number of aromatic nitrogens is 2. The van der Waals surface area contributed by atoms with Crippen LogP contribution in [0.4, 0.5) is 5.82 Å². The van der Waals surface area contributed by atoms with Crippen molar-refractivity contribution >= 4 is 32.5 Å². The predicted octanol–water partition coefficient (Wildman–Crippen LogP) is 2.16. The Labute approximate surface area is 163 Å². The lowest BCUT2D eigenvalue weighted by Gasteiger charge is -2.10. The minimum Gasteiger partial charge on any atom is -0.492 e. The van der Waals surface area contributed by atoms with Crippen LogP contribution < -0.4 is 10.1 Å². The van der Waals surface area contributed by atoms with Crippen LogP contribution in [0.25, 0.3) is 10.9 Å². The van der Waals surface area contributed by atoms with Gasteiger partial charge in [-0.15, -0.1) is 0 Å². The van der Waals surface area contributed by atoms with E-state index >= 15 is 0 Å². The van der Waals surface area contributed by atoms with Crippen LogP contribution >= 0.6 is 0 Å². The highest BCUT2D eigenvalue weighted by atomic mass is 32.2. The maximum absolute atomic E-state index is 12.4. The third-order valence-corrected chi connectivity index (χ3v) is 5.25. The highest BCUT2D eigenvalue weighted by Gasteiger charge is 2.13. The molecule has 2 aromatic carbocycles. The molecule has 8 nitrogen and oxygen atoms in total. The van der Waals surface area contributed by atoms with E-state index in [1.54, 1.807) is 0 Å². The van der Waals surface area contributed by atoms with Crippen molar-refractivity contribution in [3.05, 3.63) is 48.0 Å². The van der Waals surface area contributed by atoms with Crippen LogP contribution in [-0.4, -0.2) is 62.9 Å². The fourth-order valence-corrected chi connectivity index (χ4v) is 3.19. The molecule has 0 saturated heterocycles. The third kappa shape index (κ3) is 4.68. The minimum absolute atomic E-state index is 0.163. The zero-order valence-corrected chi connectivity index (χ0v) is 16.7. The fraction of sp³-hybridized carbons (Fsp3) is 0.263. The summed E-state index contributed by atoms with van der Waals surface area (Å²) in [7, 11) is 0.651. The van der Waals surface area contributed by atoms with Crippen molar-refractivity contribution in [1.29, 1.82) is 0 Å². The van der Waals surface area contributed by atoms with Gasteiger partial charge in [-0.25, -0.2) is 8.42 Å². The molecule has 2 N–H and O–H groups in total. The van der Waals surface area contributed by atoms with Crippen molar-refractivity contribution < 1.29 is 17.9 Å². The summed E-state index contributed by atoms with van der Waals surface area (Å²) >= 11 is 0. The Morgan fingerprint density at radius 3 is 2.54 bits per heavy atom. The number of anilines is 1. The number of aromatic amines is 1. The summed E-state index contributed by atoms with van der Waals surface area (Å²) in [5.74, 6) is 0.735. The maximum atomic E-state index is 12.4. The molecular formula is C19H22N4O4S. The van der Waals surface area contributed by atoms with E-state index in [4.69, 9.17) is 4.74 Å². The molecule has 0 fully saturated rings. The lowest BCUT2D eigenvalue weighted by molar-refractivity contribution is 0.102. The number of likely N-dealkylation sites (N-methyl/N-ethyl adjacent to an activating group) is 1. The number of carbonyl (C=O) groups excluding carboxylic acids is 1. The van der Waals surface area contributed by atoms with E-state index in [1.807, 2.05) is 37.2 Å². The Hall–Kier alpha value is -2.91. The van der Waals surface area contributed by atoms with Crippen LogP contribution in [0, 0.1) is 0 Å². The zero-order chi connectivity index (χ0) is 20.3. The number of sulfone groups is 1.